The van der Waals surface area contributed by atoms with E-state index in [0.717, 1.165) is 36.2 Å². The molecule has 1 amide bonds. The number of nitrogens with one attached hydrogen (secondary N) is 2. The van der Waals surface area contributed by atoms with Crippen LogP contribution in [0, 0.1) is 0 Å². The number of fused-ring (bicyclic) bond motifs is 1. The first kappa shape index (κ1) is 19.5. The maximum absolute atomic E-state index is 13.2. The van der Waals surface area contributed by atoms with Gasteiger partial charge in [-0.2, -0.15) is 13.2 Å². The van der Waals surface area contributed by atoms with Crippen molar-refractivity contribution >= 4 is 23.2 Å². The Labute approximate surface area is 159 Å². The van der Waals surface area contributed by atoms with Gasteiger partial charge in [0.2, 0.25) is 0 Å². The fraction of sp³-hybridized carbons (Fsp3) is 0.316. The summed E-state index contributed by atoms with van der Waals surface area (Å²) in [6.07, 6.45) is -3.84. The van der Waals surface area contributed by atoms with Crippen LogP contribution in [0.2, 0.25) is 5.02 Å². The van der Waals surface area contributed by atoms with Crippen LogP contribution in [0.1, 0.15) is 34.0 Å². The van der Waals surface area contributed by atoms with Gasteiger partial charge in [0.25, 0.3) is 5.91 Å². The van der Waals surface area contributed by atoms with E-state index in [4.69, 9.17) is 16.3 Å². The maximum Gasteiger partial charge on any atom is 0.419 e. The van der Waals surface area contributed by atoms with Gasteiger partial charge in [0.1, 0.15) is 5.75 Å². The molecule has 0 bridgehead atoms. The molecule has 0 saturated carbocycles. The highest BCUT2D eigenvalue weighted by atomic mass is 35.5. The lowest BCUT2D eigenvalue weighted by Gasteiger charge is -2.20. The zero-order valence-corrected chi connectivity index (χ0v) is 15.3. The van der Waals surface area contributed by atoms with E-state index in [0.29, 0.717) is 17.3 Å². The summed E-state index contributed by atoms with van der Waals surface area (Å²) in [4.78, 5) is 12.5. The van der Waals surface area contributed by atoms with Gasteiger partial charge < -0.3 is 15.4 Å². The van der Waals surface area contributed by atoms with Crippen molar-refractivity contribution < 1.29 is 22.7 Å². The number of carbonyl (C=O) groups excluding carboxylic acids is 1. The highest BCUT2D eigenvalue weighted by molar-refractivity contribution is 6.31. The number of anilines is 1. The van der Waals surface area contributed by atoms with Gasteiger partial charge >= 0.3 is 6.18 Å². The number of ether oxygens (including phenoxy) is 1. The van der Waals surface area contributed by atoms with Crippen LogP contribution < -0.4 is 15.4 Å². The van der Waals surface area contributed by atoms with Crippen LogP contribution in [0.3, 0.4) is 0 Å². The average Bonchev–Trinajstić information content (AvgIpc) is 2.61. The smallest absolute Gasteiger partial charge is 0.419 e. The summed E-state index contributed by atoms with van der Waals surface area (Å²) >= 11 is 6.27. The molecule has 1 aliphatic heterocycles. The molecule has 0 aliphatic carbocycles. The second kappa shape index (κ2) is 7.78. The first-order valence-electron chi connectivity index (χ1n) is 8.47. The molecule has 0 atom stereocenters. The second-order valence-corrected chi connectivity index (χ2v) is 6.53. The molecule has 27 heavy (non-hydrogen) atoms. The molecule has 3 rings (SSSR count). The van der Waals surface area contributed by atoms with Gasteiger partial charge in [-0.15, -0.1) is 0 Å². The molecule has 0 saturated heterocycles. The fourth-order valence-corrected chi connectivity index (χ4v) is 3.35. The summed E-state index contributed by atoms with van der Waals surface area (Å²) in [5, 5.41) is 6.37. The SMILES string of the molecule is CCOc1ccc(C(=O)Nc2cc(Cl)c3c(c2)CNCC3)cc1C(F)(F)F. The predicted octanol–water partition coefficient (Wildman–Crippen LogP) is 4.66. The Bertz CT molecular complexity index is 869. The molecule has 0 unspecified atom stereocenters. The minimum Gasteiger partial charge on any atom is -0.493 e. The lowest BCUT2D eigenvalue weighted by atomic mass is 10.00. The van der Waals surface area contributed by atoms with Crippen molar-refractivity contribution in [3.05, 3.63) is 57.6 Å². The maximum atomic E-state index is 13.2. The third-order valence-electron chi connectivity index (χ3n) is 4.26. The van der Waals surface area contributed by atoms with Crippen LogP contribution in [-0.2, 0) is 19.1 Å². The Balaban J connectivity index is 1.87. The summed E-state index contributed by atoms with van der Waals surface area (Å²) in [6.45, 7) is 3.14. The molecule has 144 valence electrons. The molecule has 4 nitrogen and oxygen atoms in total. The van der Waals surface area contributed by atoms with Gasteiger partial charge in [-0.25, -0.2) is 0 Å². The normalized spacial score (nSPS) is 13.8. The molecule has 0 aromatic heterocycles. The first-order valence-corrected chi connectivity index (χ1v) is 8.84. The fourth-order valence-electron chi connectivity index (χ4n) is 3.02. The molecule has 0 fully saturated rings. The monoisotopic (exact) mass is 398 g/mol. The van der Waals surface area contributed by atoms with Crippen molar-refractivity contribution in [3.8, 4) is 5.75 Å². The van der Waals surface area contributed by atoms with E-state index in [1.165, 1.54) is 6.07 Å². The Morgan fingerprint density at radius 1 is 1.30 bits per heavy atom. The van der Waals surface area contributed by atoms with Gasteiger partial charge in [0.15, 0.2) is 0 Å². The van der Waals surface area contributed by atoms with Crippen molar-refractivity contribution in [1.82, 2.24) is 5.32 Å². The van der Waals surface area contributed by atoms with Crippen LogP contribution >= 0.6 is 11.6 Å². The minimum atomic E-state index is -4.62. The predicted molar refractivity (Wildman–Crippen MR) is 97.4 cm³/mol. The third-order valence-corrected chi connectivity index (χ3v) is 4.60. The summed E-state index contributed by atoms with van der Waals surface area (Å²) < 4.78 is 44.8. The van der Waals surface area contributed by atoms with E-state index in [1.54, 1.807) is 19.1 Å². The van der Waals surface area contributed by atoms with Crippen molar-refractivity contribution in [1.29, 1.82) is 0 Å². The zero-order valence-electron chi connectivity index (χ0n) is 14.5. The average molecular weight is 399 g/mol. The number of hydrogen-bond acceptors (Lipinski definition) is 3. The largest absolute Gasteiger partial charge is 0.493 e. The van der Waals surface area contributed by atoms with E-state index >= 15 is 0 Å². The van der Waals surface area contributed by atoms with Crippen LogP contribution in [0.15, 0.2) is 30.3 Å². The van der Waals surface area contributed by atoms with Crippen LogP contribution in [-0.4, -0.2) is 19.1 Å². The van der Waals surface area contributed by atoms with E-state index in [-0.39, 0.29) is 17.9 Å². The number of rotatable bonds is 4. The van der Waals surface area contributed by atoms with Crippen LogP contribution in [0.4, 0.5) is 18.9 Å². The molecule has 1 aliphatic rings. The Morgan fingerprint density at radius 3 is 2.78 bits per heavy atom. The molecule has 2 aromatic carbocycles. The summed E-state index contributed by atoms with van der Waals surface area (Å²) in [5.74, 6) is -0.951. The van der Waals surface area contributed by atoms with Gasteiger partial charge in [-0.1, -0.05) is 11.6 Å². The Kier molecular flexibility index (Phi) is 5.62. The van der Waals surface area contributed by atoms with Gasteiger partial charge in [0, 0.05) is 22.8 Å². The highest BCUT2D eigenvalue weighted by Gasteiger charge is 2.35. The van der Waals surface area contributed by atoms with E-state index < -0.39 is 17.6 Å². The number of benzene rings is 2. The van der Waals surface area contributed by atoms with Gasteiger partial charge in [-0.05, 0) is 61.3 Å². The summed E-state index contributed by atoms with van der Waals surface area (Å²) in [7, 11) is 0. The molecular weight excluding hydrogens is 381 g/mol. The van der Waals surface area contributed by atoms with Crippen molar-refractivity contribution in [2.45, 2.75) is 26.1 Å². The lowest BCUT2D eigenvalue weighted by molar-refractivity contribution is -0.138. The quantitative estimate of drug-likeness (QED) is 0.787. The zero-order chi connectivity index (χ0) is 19.6. The molecule has 0 radical (unpaired) electrons. The number of halogens is 4. The van der Waals surface area contributed by atoms with Crippen LogP contribution in [0.5, 0.6) is 5.75 Å². The summed E-state index contributed by atoms with van der Waals surface area (Å²) in [5.41, 5.74) is 1.33. The molecule has 2 aromatic rings. The van der Waals surface area contributed by atoms with E-state index in [1.807, 2.05) is 0 Å². The first-order chi connectivity index (χ1) is 12.8. The summed E-state index contributed by atoms with van der Waals surface area (Å²) in [6, 6.07) is 6.65. The number of amides is 1. The van der Waals surface area contributed by atoms with E-state index in [2.05, 4.69) is 10.6 Å². The Morgan fingerprint density at radius 2 is 2.07 bits per heavy atom. The standard InChI is InChI=1S/C19H18ClF3N2O2/c1-2-27-17-4-3-11(8-15(17)19(21,22)23)18(26)25-13-7-12-10-24-6-5-14(12)16(20)9-13/h3-4,7-9,24H,2,5-6,10H2,1H3,(H,25,26). The topological polar surface area (TPSA) is 50.4 Å². The minimum absolute atomic E-state index is 0.0935. The molecule has 1 heterocycles. The number of alkyl halides is 3. The molecule has 8 heteroatoms. The number of carbonyl (C=O) groups is 1. The van der Waals surface area contributed by atoms with Crippen molar-refractivity contribution in [2.24, 2.45) is 0 Å². The second-order valence-electron chi connectivity index (χ2n) is 6.12. The lowest BCUT2D eigenvalue weighted by Crippen LogP contribution is -2.24. The van der Waals surface area contributed by atoms with Crippen molar-refractivity contribution in [3.63, 3.8) is 0 Å². The highest BCUT2D eigenvalue weighted by Crippen LogP contribution is 2.37. The van der Waals surface area contributed by atoms with Crippen LogP contribution in [0.25, 0.3) is 0 Å². The molecule has 2 N–H and O–H groups in total. The van der Waals surface area contributed by atoms with Crippen molar-refractivity contribution in [2.75, 3.05) is 18.5 Å². The molecular formula is C19H18ClF3N2O2. The van der Waals surface area contributed by atoms with Gasteiger partial charge in [-0.3, -0.25) is 4.79 Å². The third kappa shape index (κ3) is 4.36. The number of hydrogen-bond donors (Lipinski definition) is 2. The van der Waals surface area contributed by atoms with E-state index in [9.17, 15) is 18.0 Å². The molecule has 0 spiro atoms. The van der Waals surface area contributed by atoms with Gasteiger partial charge in [0.05, 0.1) is 12.2 Å². The Hall–Kier alpha value is -2.25.